The first-order valence-electron chi connectivity index (χ1n) is 9.07. The molecule has 10 heteroatoms. The molecule has 1 N–H and O–H groups in total. The molecule has 4 rings (SSSR count). The minimum absolute atomic E-state index is 0.165. The highest BCUT2D eigenvalue weighted by Gasteiger charge is 2.33. The summed E-state index contributed by atoms with van der Waals surface area (Å²) in [6, 6.07) is 6.27. The first-order chi connectivity index (χ1) is 13.4. The Balaban J connectivity index is 1.40. The van der Waals surface area contributed by atoms with Gasteiger partial charge in [0.05, 0.1) is 4.90 Å². The highest BCUT2D eigenvalue weighted by molar-refractivity contribution is 7.89. The molecule has 0 unspecified atom stereocenters. The molecule has 9 nitrogen and oxygen atoms in total. The largest absolute Gasteiger partial charge is 0.486 e. The minimum atomic E-state index is -3.66. The van der Waals surface area contributed by atoms with E-state index in [-0.39, 0.29) is 29.8 Å². The summed E-state index contributed by atoms with van der Waals surface area (Å²) in [6.07, 6.45) is 0.874. The molecule has 1 amide bonds. The van der Waals surface area contributed by atoms with Crippen LogP contribution in [-0.4, -0.2) is 50.1 Å². The quantitative estimate of drug-likeness (QED) is 0.822. The molecule has 1 saturated heterocycles. The van der Waals surface area contributed by atoms with Crippen LogP contribution in [0.5, 0.6) is 11.5 Å². The lowest BCUT2D eigenvalue weighted by atomic mass is 9.97. The average Bonchev–Trinajstić information content (AvgIpc) is 3.12. The second-order valence-electron chi connectivity index (χ2n) is 6.80. The Morgan fingerprint density at radius 1 is 1.14 bits per heavy atom. The van der Waals surface area contributed by atoms with Gasteiger partial charge in [0, 0.05) is 31.1 Å². The number of hydrogen-bond acceptors (Lipinski definition) is 7. The number of rotatable bonds is 4. The van der Waals surface area contributed by atoms with Crippen molar-refractivity contribution < 1.29 is 27.2 Å². The topological polar surface area (TPSA) is 111 Å². The van der Waals surface area contributed by atoms with Gasteiger partial charge >= 0.3 is 0 Å². The monoisotopic (exact) mass is 407 g/mol. The second-order valence-corrected chi connectivity index (χ2v) is 8.73. The summed E-state index contributed by atoms with van der Waals surface area (Å²) in [7, 11) is -3.66. The molecule has 150 valence electrons. The van der Waals surface area contributed by atoms with Crippen LogP contribution in [0.15, 0.2) is 33.7 Å². The van der Waals surface area contributed by atoms with Gasteiger partial charge in [0.25, 0.3) is 0 Å². The van der Waals surface area contributed by atoms with Crippen LogP contribution in [0, 0.1) is 12.8 Å². The molecule has 28 heavy (non-hydrogen) atoms. The predicted molar refractivity (Wildman–Crippen MR) is 98.8 cm³/mol. The number of benzene rings is 1. The normalized spacial score (nSPS) is 18.0. The lowest BCUT2D eigenvalue weighted by molar-refractivity contribution is -0.120. The van der Waals surface area contributed by atoms with Crippen molar-refractivity contribution in [3.8, 4) is 11.5 Å². The van der Waals surface area contributed by atoms with Crippen molar-refractivity contribution in [2.45, 2.75) is 24.7 Å². The van der Waals surface area contributed by atoms with E-state index in [1.807, 2.05) is 0 Å². The summed E-state index contributed by atoms with van der Waals surface area (Å²) in [5.74, 6) is 1.51. The number of sulfonamides is 1. The molecule has 0 aliphatic carbocycles. The summed E-state index contributed by atoms with van der Waals surface area (Å²) < 4.78 is 43.2. The molecule has 1 aromatic heterocycles. The van der Waals surface area contributed by atoms with Gasteiger partial charge in [0.1, 0.15) is 19.0 Å². The maximum absolute atomic E-state index is 12.9. The third kappa shape index (κ3) is 3.69. The number of aromatic nitrogens is 1. The number of fused-ring (bicyclic) bond motifs is 1. The van der Waals surface area contributed by atoms with Crippen LogP contribution in [0.4, 0.5) is 5.82 Å². The zero-order valence-corrected chi connectivity index (χ0v) is 16.2. The van der Waals surface area contributed by atoms with Crippen LogP contribution in [-0.2, 0) is 14.8 Å². The molecule has 0 atom stereocenters. The number of hydrogen-bond donors (Lipinski definition) is 1. The fourth-order valence-electron chi connectivity index (χ4n) is 3.35. The van der Waals surface area contributed by atoms with E-state index in [2.05, 4.69) is 10.5 Å². The van der Waals surface area contributed by atoms with E-state index in [0.29, 0.717) is 49.1 Å². The Bertz CT molecular complexity index is 979. The van der Waals surface area contributed by atoms with Gasteiger partial charge in [-0.2, -0.15) is 4.31 Å². The third-order valence-corrected chi connectivity index (χ3v) is 6.75. The molecule has 1 aromatic carbocycles. The Morgan fingerprint density at radius 2 is 1.86 bits per heavy atom. The van der Waals surface area contributed by atoms with Gasteiger partial charge in [-0.25, -0.2) is 8.42 Å². The number of nitrogens with one attached hydrogen (secondary N) is 1. The van der Waals surface area contributed by atoms with Gasteiger partial charge in [0.15, 0.2) is 17.3 Å². The molecular formula is C18H21N3O6S. The van der Waals surface area contributed by atoms with Crippen LogP contribution in [0.2, 0.25) is 0 Å². The van der Waals surface area contributed by atoms with Crippen molar-refractivity contribution >= 4 is 21.7 Å². The molecule has 2 aliphatic rings. The van der Waals surface area contributed by atoms with E-state index < -0.39 is 10.0 Å². The average molecular weight is 407 g/mol. The van der Waals surface area contributed by atoms with Crippen LogP contribution in [0.3, 0.4) is 0 Å². The van der Waals surface area contributed by atoms with E-state index in [4.69, 9.17) is 14.0 Å². The van der Waals surface area contributed by atoms with Crippen LogP contribution >= 0.6 is 0 Å². The van der Waals surface area contributed by atoms with Crippen LogP contribution in [0.25, 0.3) is 0 Å². The molecule has 0 bridgehead atoms. The standard InChI is InChI=1S/C18H21N3O6S/c1-12-10-17(20-27-12)19-18(22)13-4-6-21(7-5-13)28(23,24)14-2-3-15-16(11-14)26-9-8-25-15/h2-3,10-11,13H,4-9H2,1H3,(H,19,20,22). The zero-order valence-electron chi connectivity index (χ0n) is 15.4. The summed E-state index contributed by atoms with van der Waals surface area (Å²) in [6.45, 7) is 3.12. The van der Waals surface area contributed by atoms with Crippen molar-refractivity contribution in [3.05, 3.63) is 30.0 Å². The Kier molecular flexibility index (Phi) is 4.98. The van der Waals surface area contributed by atoms with E-state index in [9.17, 15) is 13.2 Å². The van der Waals surface area contributed by atoms with Gasteiger partial charge < -0.3 is 19.3 Å². The lowest BCUT2D eigenvalue weighted by Gasteiger charge is -2.30. The first kappa shape index (κ1) is 18.8. The summed E-state index contributed by atoms with van der Waals surface area (Å²) in [4.78, 5) is 12.5. The number of piperidine rings is 1. The van der Waals surface area contributed by atoms with Crippen molar-refractivity contribution in [2.75, 3.05) is 31.6 Å². The SMILES string of the molecule is Cc1cc(NC(=O)C2CCN(S(=O)(=O)c3ccc4c(c3)OCCO4)CC2)no1. The Morgan fingerprint density at radius 3 is 2.54 bits per heavy atom. The zero-order chi connectivity index (χ0) is 19.7. The van der Waals surface area contributed by atoms with Gasteiger partial charge in [-0.15, -0.1) is 0 Å². The number of amides is 1. The predicted octanol–water partition coefficient (Wildman–Crippen LogP) is 1.79. The van der Waals surface area contributed by atoms with E-state index in [0.717, 1.165) is 0 Å². The second kappa shape index (κ2) is 7.44. The minimum Gasteiger partial charge on any atom is -0.486 e. The third-order valence-electron chi connectivity index (χ3n) is 4.86. The molecule has 3 heterocycles. The number of carbonyl (C=O) groups excluding carboxylic acids is 1. The summed E-state index contributed by atoms with van der Waals surface area (Å²) >= 11 is 0. The smallest absolute Gasteiger partial charge is 0.243 e. The molecular weight excluding hydrogens is 386 g/mol. The molecule has 1 fully saturated rings. The van der Waals surface area contributed by atoms with Crippen LogP contribution in [0.1, 0.15) is 18.6 Å². The highest BCUT2D eigenvalue weighted by atomic mass is 32.2. The van der Waals surface area contributed by atoms with E-state index in [1.165, 1.54) is 16.4 Å². The van der Waals surface area contributed by atoms with Crippen molar-refractivity contribution in [1.29, 1.82) is 0 Å². The number of aryl methyl sites for hydroxylation is 1. The Hall–Kier alpha value is -2.59. The molecule has 0 spiro atoms. The van der Waals surface area contributed by atoms with Crippen LogP contribution < -0.4 is 14.8 Å². The van der Waals surface area contributed by atoms with E-state index >= 15 is 0 Å². The van der Waals surface area contributed by atoms with Gasteiger partial charge in [-0.3, -0.25) is 4.79 Å². The molecule has 2 aliphatic heterocycles. The number of ether oxygens (including phenoxy) is 2. The van der Waals surface area contributed by atoms with Crippen molar-refractivity contribution in [3.63, 3.8) is 0 Å². The Labute approximate surface area is 162 Å². The number of anilines is 1. The fourth-order valence-corrected chi connectivity index (χ4v) is 4.83. The molecule has 2 aromatic rings. The fraction of sp³-hybridized carbons (Fsp3) is 0.444. The maximum Gasteiger partial charge on any atom is 0.243 e. The highest BCUT2D eigenvalue weighted by Crippen LogP contribution is 2.34. The van der Waals surface area contributed by atoms with E-state index in [1.54, 1.807) is 19.1 Å². The van der Waals surface area contributed by atoms with Gasteiger partial charge in [-0.05, 0) is 31.9 Å². The maximum atomic E-state index is 12.9. The molecule has 0 saturated carbocycles. The van der Waals surface area contributed by atoms with Gasteiger partial charge in [0.2, 0.25) is 15.9 Å². The molecule has 0 radical (unpaired) electrons. The lowest BCUT2D eigenvalue weighted by Crippen LogP contribution is -2.41. The number of carbonyl (C=O) groups is 1. The summed E-state index contributed by atoms with van der Waals surface area (Å²) in [5, 5.41) is 6.45. The first-order valence-corrected chi connectivity index (χ1v) is 10.5. The van der Waals surface area contributed by atoms with Crippen molar-refractivity contribution in [2.24, 2.45) is 5.92 Å². The summed E-state index contributed by atoms with van der Waals surface area (Å²) in [5.41, 5.74) is 0. The number of nitrogens with zero attached hydrogens (tertiary/aromatic N) is 2. The van der Waals surface area contributed by atoms with Crippen molar-refractivity contribution in [1.82, 2.24) is 9.46 Å². The van der Waals surface area contributed by atoms with Gasteiger partial charge in [-0.1, -0.05) is 5.16 Å².